The lowest BCUT2D eigenvalue weighted by molar-refractivity contribution is 0.176. The number of aryl methyl sites for hydroxylation is 2. The van der Waals surface area contributed by atoms with Crippen LogP contribution in [0.15, 0.2) is 42.5 Å². The Morgan fingerprint density at radius 3 is 2.32 bits per heavy atom. The van der Waals surface area contributed by atoms with Gasteiger partial charge in [0.15, 0.2) is 0 Å². The lowest BCUT2D eigenvalue weighted by Gasteiger charge is -2.16. The van der Waals surface area contributed by atoms with Crippen molar-refractivity contribution in [3.8, 4) is 0 Å². The van der Waals surface area contributed by atoms with Crippen LogP contribution in [0.2, 0.25) is 0 Å². The first-order valence-corrected chi connectivity index (χ1v) is 6.45. The predicted molar refractivity (Wildman–Crippen MR) is 77.1 cm³/mol. The van der Waals surface area contributed by atoms with E-state index < -0.39 is 6.10 Å². The number of hydrogen-bond acceptors (Lipinski definition) is 2. The summed E-state index contributed by atoms with van der Waals surface area (Å²) in [5.41, 5.74) is 5.20. The highest BCUT2D eigenvalue weighted by molar-refractivity contribution is 5.38. The molecule has 2 rings (SSSR count). The van der Waals surface area contributed by atoms with E-state index >= 15 is 0 Å². The SMILES string of the molecule is COCc1ccccc1C(O)c1cc(C)cc(C)c1. The Kier molecular flexibility index (Phi) is 4.35. The van der Waals surface area contributed by atoms with Crippen LogP contribution < -0.4 is 0 Å². The summed E-state index contributed by atoms with van der Waals surface area (Å²) in [4.78, 5) is 0. The van der Waals surface area contributed by atoms with Gasteiger partial charge in [-0.1, -0.05) is 53.6 Å². The Balaban J connectivity index is 2.40. The minimum Gasteiger partial charge on any atom is -0.384 e. The summed E-state index contributed by atoms with van der Waals surface area (Å²) in [6.07, 6.45) is -0.607. The second-order valence-electron chi connectivity index (χ2n) is 4.96. The van der Waals surface area contributed by atoms with Crippen molar-refractivity contribution in [2.45, 2.75) is 26.6 Å². The van der Waals surface area contributed by atoms with E-state index in [9.17, 15) is 5.11 Å². The molecule has 0 amide bonds. The molecule has 1 atom stereocenters. The van der Waals surface area contributed by atoms with Crippen LogP contribution in [0.3, 0.4) is 0 Å². The van der Waals surface area contributed by atoms with Crippen molar-refractivity contribution in [3.05, 3.63) is 70.3 Å². The third kappa shape index (κ3) is 3.22. The first kappa shape index (κ1) is 13.8. The average molecular weight is 256 g/mol. The molecule has 0 spiro atoms. The molecule has 0 bridgehead atoms. The van der Waals surface area contributed by atoms with E-state index in [0.29, 0.717) is 6.61 Å². The van der Waals surface area contributed by atoms with Crippen molar-refractivity contribution in [2.75, 3.05) is 7.11 Å². The Bertz CT molecular complexity index is 541. The van der Waals surface area contributed by atoms with Gasteiger partial charge in [0.25, 0.3) is 0 Å². The maximum absolute atomic E-state index is 10.6. The highest BCUT2D eigenvalue weighted by Gasteiger charge is 2.14. The first-order valence-electron chi connectivity index (χ1n) is 6.45. The number of benzene rings is 2. The molecule has 2 heteroatoms. The predicted octanol–water partition coefficient (Wildman–Crippen LogP) is 3.53. The van der Waals surface area contributed by atoms with E-state index in [0.717, 1.165) is 16.7 Å². The van der Waals surface area contributed by atoms with Gasteiger partial charge < -0.3 is 9.84 Å². The molecule has 1 N–H and O–H groups in total. The number of aliphatic hydroxyl groups excluding tert-OH is 1. The van der Waals surface area contributed by atoms with Crippen molar-refractivity contribution in [2.24, 2.45) is 0 Å². The summed E-state index contributed by atoms with van der Waals surface area (Å²) in [6, 6.07) is 14.0. The van der Waals surface area contributed by atoms with E-state index in [1.54, 1.807) is 7.11 Å². The second-order valence-corrected chi connectivity index (χ2v) is 4.96. The third-order valence-electron chi connectivity index (χ3n) is 3.21. The third-order valence-corrected chi connectivity index (χ3v) is 3.21. The van der Waals surface area contributed by atoms with E-state index in [1.807, 2.05) is 50.2 Å². The van der Waals surface area contributed by atoms with Gasteiger partial charge in [0.05, 0.1) is 6.61 Å². The van der Waals surface area contributed by atoms with E-state index in [2.05, 4.69) is 6.07 Å². The van der Waals surface area contributed by atoms with Crippen LogP contribution >= 0.6 is 0 Å². The molecule has 19 heavy (non-hydrogen) atoms. The first-order chi connectivity index (χ1) is 9.11. The van der Waals surface area contributed by atoms with Crippen molar-refractivity contribution in [1.82, 2.24) is 0 Å². The zero-order chi connectivity index (χ0) is 13.8. The largest absolute Gasteiger partial charge is 0.384 e. The summed E-state index contributed by atoms with van der Waals surface area (Å²) in [6.45, 7) is 4.60. The fourth-order valence-corrected chi connectivity index (χ4v) is 2.44. The molecule has 0 aliphatic heterocycles. The summed E-state index contributed by atoms with van der Waals surface area (Å²) < 4.78 is 5.19. The van der Waals surface area contributed by atoms with Gasteiger partial charge in [-0.2, -0.15) is 0 Å². The monoisotopic (exact) mass is 256 g/mol. The summed E-state index contributed by atoms with van der Waals surface area (Å²) in [5.74, 6) is 0. The molecule has 0 fully saturated rings. The van der Waals surface area contributed by atoms with Gasteiger partial charge >= 0.3 is 0 Å². The minimum atomic E-state index is -0.607. The summed E-state index contributed by atoms with van der Waals surface area (Å²) in [5, 5.41) is 10.6. The fourth-order valence-electron chi connectivity index (χ4n) is 2.44. The highest BCUT2D eigenvalue weighted by atomic mass is 16.5. The smallest absolute Gasteiger partial charge is 0.104 e. The number of rotatable bonds is 4. The number of hydrogen-bond donors (Lipinski definition) is 1. The lowest BCUT2D eigenvalue weighted by Crippen LogP contribution is -2.05. The molecule has 100 valence electrons. The van der Waals surface area contributed by atoms with Crippen LogP contribution in [0.4, 0.5) is 0 Å². The van der Waals surface area contributed by atoms with Gasteiger partial charge in [-0.25, -0.2) is 0 Å². The standard InChI is InChI=1S/C17H20O2/c1-12-8-13(2)10-15(9-12)17(18)16-7-5-4-6-14(16)11-19-3/h4-10,17-18H,11H2,1-3H3. The lowest BCUT2D eigenvalue weighted by atomic mass is 9.95. The summed E-state index contributed by atoms with van der Waals surface area (Å²) in [7, 11) is 1.67. The maximum Gasteiger partial charge on any atom is 0.104 e. The van der Waals surface area contributed by atoms with Crippen molar-refractivity contribution in [3.63, 3.8) is 0 Å². The van der Waals surface area contributed by atoms with Gasteiger partial charge in [0.2, 0.25) is 0 Å². The van der Waals surface area contributed by atoms with E-state index in [4.69, 9.17) is 4.74 Å². The molecule has 0 radical (unpaired) electrons. The van der Waals surface area contributed by atoms with Gasteiger partial charge in [-0.05, 0) is 30.5 Å². The zero-order valence-electron chi connectivity index (χ0n) is 11.7. The van der Waals surface area contributed by atoms with Gasteiger partial charge in [-0.3, -0.25) is 0 Å². The summed E-state index contributed by atoms with van der Waals surface area (Å²) >= 11 is 0. The molecule has 1 unspecified atom stereocenters. The Morgan fingerprint density at radius 1 is 1.05 bits per heavy atom. The molecule has 0 aromatic heterocycles. The van der Waals surface area contributed by atoms with Gasteiger partial charge in [-0.15, -0.1) is 0 Å². The van der Waals surface area contributed by atoms with Crippen molar-refractivity contribution >= 4 is 0 Å². The molecular weight excluding hydrogens is 236 g/mol. The van der Waals surface area contributed by atoms with E-state index in [1.165, 1.54) is 11.1 Å². The topological polar surface area (TPSA) is 29.5 Å². The zero-order valence-corrected chi connectivity index (χ0v) is 11.7. The molecule has 0 aliphatic rings. The molecule has 2 aromatic rings. The Hall–Kier alpha value is -1.64. The average Bonchev–Trinajstić information content (AvgIpc) is 2.38. The van der Waals surface area contributed by atoms with Crippen LogP contribution in [0.25, 0.3) is 0 Å². The van der Waals surface area contributed by atoms with Crippen molar-refractivity contribution in [1.29, 1.82) is 0 Å². The molecule has 2 aromatic carbocycles. The van der Waals surface area contributed by atoms with Gasteiger partial charge in [0, 0.05) is 7.11 Å². The molecule has 2 nitrogen and oxygen atoms in total. The van der Waals surface area contributed by atoms with Crippen LogP contribution in [0.1, 0.15) is 33.9 Å². The van der Waals surface area contributed by atoms with Crippen molar-refractivity contribution < 1.29 is 9.84 Å². The normalized spacial score (nSPS) is 12.4. The van der Waals surface area contributed by atoms with Crippen LogP contribution in [0, 0.1) is 13.8 Å². The highest BCUT2D eigenvalue weighted by Crippen LogP contribution is 2.26. The quantitative estimate of drug-likeness (QED) is 0.906. The van der Waals surface area contributed by atoms with Crippen LogP contribution in [-0.4, -0.2) is 12.2 Å². The number of methoxy groups -OCH3 is 1. The molecular formula is C17H20O2. The molecule has 0 saturated carbocycles. The number of aliphatic hydroxyl groups is 1. The van der Waals surface area contributed by atoms with Crippen LogP contribution in [0.5, 0.6) is 0 Å². The Labute approximate surface area is 114 Å². The fraction of sp³-hybridized carbons (Fsp3) is 0.294. The van der Waals surface area contributed by atoms with E-state index in [-0.39, 0.29) is 0 Å². The second kappa shape index (κ2) is 6.00. The maximum atomic E-state index is 10.6. The minimum absolute atomic E-state index is 0.512. The Morgan fingerprint density at radius 2 is 1.68 bits per heavy atom. The molecule has 0 heterocycles. The van der Waals surface area contributed by atoms with Gasteiger partial charge in [0.1, 0.15) is 6.10 Å². The van der Waals surface area contributed by atoms with Crippen LogP contribution in [-0.2, 0) is 11.3 Å². The number of ether oxygens (including phenoxy) is 1. The molecule has 0 aliphatic carbocycles. The molecule has 0 saturated heterocycles.